The molecule has 0 radical (unpaired) electrons. The summed E-state index contributed by atoms with van der Waals surface area (Å²) in [5, 5.41) is 3.98. The van der Waals surface area contributed by atoms with Gasteiger partial charge in [0.2, 0.25) is 0 Å². The maximum atomic E-state index is 14.7. The highest BCUT2D eigenvalue weighted by Gasteiger charge is 2.21. The average molecular weight is 460 g/mol. The monoisotopic (exact) mass is 459 g/mol. The van der Waals surface area contributed by atoms with Gasteiger partial charge < -0.3 is 10.1 Å². The first-order chi connectivity index (χ1) is 15.4. The van der Waals surface area contributed by atoms with E-state index in [1.807, 2.05) is 23.9 Å². The van der Waals surface area contributed by atoms with Crippen LogP contribution >= 0.6 is 11.8 Å². The molecule has 1 N–H and O–H groups in total. The van der Waals surface area contributed by atoms with Gasteiger partial charge in [-0.3, -0.25) is 0 Å². The fraction of sp³-hybridized carbons (Fsp3) is 0.333. The molecular formula is C24H24F3N3OS. The van der Waals surface area contributed by atoms with Crippen LogP contribution in [0.4, 0.5) is 19.0 Å². The van der Waals surface area contributed by atoms with Gasteiger partial charge in [-0.25, -0.2) is 23.1 Å². The first-order valence-corrected chi connectivity index (χ1v) is 11.5. The Labute approximate surface area is 189 Å². The number of rotatable bonds is 6. The molecule has 4 rings (SSSR count). The number of alkyl halides is 2. The highest BCUT2D eigenvalue weighted by Crippen LogP contribution is 2.37. The predicted molar refractivity (Wildman–Crippen MR) is 124 cm³/mol. The van der Waals surface area contributed by atoms with E-state index in [9.17, 15) is 13.2 Å². The molecule has 32 heavy (non-hydrogen) atoms. The van der Waals surface area contributed by atoms with Crippen LogP contribution in [-0.4, -0.2) is 28.6 Å². The molecule has 1 aliphatic heterocycles. The van der Waals surface area contributed by atoms with Gasteiger partial charge in [0.15, 0.2) is 0 Å². The van der Waals surface area contributed by atoms with Gasteiger partial charge in [0.1, 0.15) is 23.2 Å². The molecular weight excluding hydrogens is 435 g/mol. The van der Waals surface area contributed by atoms with Gasteiger partial charge in [-0.15, -0.1) is 0 Å². The summed E-state index contributed by atoms with van der Waals surface area (Å²) in [5.74, 6) is 2.89. The number of allylic oxidation sites excluding steroid dienone is 1. The minimum Gasteiger partial charge on any atom is -0.496 e. The Hall–Kier alpha value is -2.74. The van der Waals surface area contributed by atoms with E-state index in [-0.39, 0.29) is 5.56 Å². The largest absolute Gasteiger partial charge is 0.496 e. The number of hydrogen-bond donors (Lipinski definition) is 1. The molecule has 2 heterocycles. The number of thioether (sulfide) groups is 1. The Morgan fingerprint density at radius 3 is 2.62 bits per heavy atom. The van der Waals surface area contributed by atoms with Crippen LogP contribution in [0.15, 0.2) is 36.4 Å². The Bertz CT molecular complexity index is 1180. The first kappa shape index (κ1) is 22.5. The van der Waals surface area contributed by atoms with Crippen LogP contribution in [0.1, 0.15) is 48.3 Å². The van der Waals surface area contributed by atoms with Crippen molar-refractivity contribution in [1.29, 1.82) is 0 Å². The quantitative estimate of drug-likeness (QED) is 0.444. The van der Waals surface area contributed by atoms with Crippen LogP contribution < -0.4 is 10.1 Å². The second-order valence-corrected chi connectivity index (χ2v) is 8.81. The van der Waals surface area contributed by atoms with E-state index in [2.05, 4.69) is 21.4 Å². The standard InChI is InChI=1S/C24H24F3N3OS/c1-13(16-5-4-6-17(22(16)25)23(26)27)28-24-19-11-18(15-7-9-32-10-8-15)21(31-3)12-20(19)29-14(2)30-24/h4-7,11-13,23H,8-10H2,1-3H3,(H,28,29,30). The number of aryl methyl sites for hydroxylation is 1. The Morgan fingerprint density at radius 1 is 1.16 bits per heavy atom. The van der Waals surface area contributed by atoms with Gasteiger partial charge >= 0.3 is 0 Å². The molecule has 8 heteroatoms. The van der Waals surface area contributed by atoms with Crippen LogP contribution in [0.3, 0.4) is 0 Å². The van der Waals surface area contributed by atoms with E-state index in [1.165, 1.54) is 17.7 Å². The van der Waals surface area contributed by atoms with Crippen molar-refractivity contribution in [2.45, 2.75) is 32.7 Å². The van der Waals surface area contributed by atoms with Gasteiger partial charge in [0, 0.05) is 28.3 Å². The zero-order chi connectivity index (χ0) is 22.8. The number of nitrogens with zero attached hydrogens (tertiary/aromatic N) is 2. The van der Waals surface area contributed by atoms with Crippen LogP contribution in [0.2, 0.25) is 0 Å². The van der Waals surface area contributed by atoms with Gasteiger partial charge in [-0.05, 0) is 37.7 Å². The molecule has 1 aromatic heterocycles. The summed E-state index contributed by atoms with van der Waals surface area (Å²) in [6, 6.07) is 7.36. The molecule has 0 saturated heterocycles. The van der Waals surface area contributed by atoms with Gasteiger partial charge in [0.05, 0.1) is 24.2 Å². The maximum absolute atomic E-state index is 14.7. The molecule has 3 aromatic rings. The third-order valence-corrected chi connectivity index (χ3v) is 6.45. The highest BCUT2D eigenvalue weighted by atomic mass is 32.2. The summed E-state index contributed by atoms with van der Waals surface area (Å²) in [5.41, 5.74) is 2.44. The van der Waals surface area contributed by atoms with Crippen molar-refractivity contribution in [3.8, 4) is 5.75 Å². The van der Waals surface area contributed by atoms with Crippen molar-refractivity contribution in [3.05, 3.63) is 64.7 Å². The van der Waals surface area contributed by atoms with E-state index >= 15 is 0 Å². The maximum Gasteiger partial charge on any atom is 0.266 e. The lowest BCUT2D eigenvalue weighted by atomic mass is 9.99. The van der Waals surface area contributed by atoms with Gasteiger partial charge in [-0.2, -0.15) is 11.8 Å². The minimum atomic E-state index is -2.87. The average Bonchev–Trinajstić information content (AvgIpc) is 2.78. The molecule has 0 saturated carbocycles. The molecule has 1 atom stereocenters. The molecule has 168 valence electrons. The lowest BCUT2D eigenvalue weighted by Gasteiger charge is -2.20. The second kappa shape index (κ2) is 9.40. The molecule has 1 unspecified atom stereocenters. The summed E-state index contributed by atoms with van der Waals surface area (Å²) in [7, 11) is 1.64. The van der Waals surface area contributed by atoms with E-state index in [0.29, 0.717) is 17.2 Å². The zero-order valence-electron chi connectivity index (χ0n) is 18.1. The number of methoxy groups -OCH3 is 1. The summed E-state index contributed by atoms with van der Waals surface area (Å²) in [6.07, 6.45) is 0.263. The molecule has 0 fully saturated rings. The van der Waals surface area contributed by atoms with Crippen molar-refractivity contribution < 1.29 is 17.9 Å². The van der Waals surface area contributed by atoms with Gasteiger partial charge in [0.25, 0.3) is 6.43 Å². The number of ether oxygens (including phenoxy) is 1. The molecule has 4 nitrogen and oxygen atoms in total. The highest BCUT2D eigenvalue weighted by molar-refractivity contribution is 7.99. The molecule has 2 aromatic carbocycles. The normalized spacial score (nSPS) is 15.0. The Kier molecular flexibility index (Phi) is 6.60. The van der Waals surface area contributed by atoms with Crippen molar-refractivity contribution >= 4 is 34.1 Å². The summed E-state index contributed by atoms with van der Waals surface area (Å²) in [6.45, 7) is 3.50. The van der Waals surface area contributed by atoms with Crippen molar-refractivity contribution in [1.82, 2.24) is 9.97 Å². The van der Waals surface area contributed by atoms with E-state index in [4.69, 9.17) is 4.74 Å². The number of hydrogen-bond acceptors (Lipinski definition) is 5. The van der Waals surface area contributed by atoms with Crippen molar-refractivity contribution in [3.63, 3.8) is 0 Å². The minimum absolute atomic E-state index is 0.160. The summed E-state index contributed by atoms with van der Waals surface area (Å²) >= 11 is 1.88. The molecule has 0 amide bonds. The predicted octanol–water partition coefficient (Wildman–Crippen LogP) is 6.72. The zero-order valence-corrected chi connectivity index (χ0v) is 18.9. The number of aromatic nitrogens is 2. The Balaban J connectivity index is 1.79. The van der Waals surface area contributed by atoms with E-state index < -0.39 is 23.8 Å². The summed E-state index contributed by atoms with van der Waals surface area (Å²) in [4.78, 5) is 9.08. The van der Waals surface area contributed by atoms with Crippen molar-refractivity contribution in [2.75, 3.05) is 23.9 Å². The third-order valence-electron chi connectivity index (χ3n) is 5.55. The number of anilines is 1. The molecule has 1 aliphatic rings. The van der Waals surface area contributed by atoms with Crippen LogP contribution in [0.25, 0.3) is 16.5 Å². The van der Waals surface area contributed by atoms with Crippen molar-refractivity contribution in [2.24, 2.45) is 0 Å². The van der Waals surface area contributed by atoms with Crippen LogP contribution in [-0.2, 0) is 0 Å². The SMILES string of the molecule is COc1cc2nc(C)nc(NC(C)c3cccc(C(F)F)c3F)c2cc1C1=CCSCC1. The second-order valence-electron chi connectivity index (χ2n) is 7.66. The van der Waals surface area contributed by atoms with E-state index in [1.54, 1.807) is 21.0 Å². The van der Waals surface area contributed by atoms with E-state index in [0.717, 1.165) is 40.7 Å². The Morgan fingerprint density at radius 2 is 1.94 bits per heavy atom. The third kappa shape index (κ3) is 4.41. The fourth-order valence-electron chi connectivity index (χ4n) is 3.93. The lowest BCUT2D eigenvalue weighted by Crippen LogP contribution is -2.12. The number of fused-ring (bicyclic) bond motifs is 1. The number of benzene rings is 2. The smallest absolute Gasteiger partial charge is 0.266 e. The fourth-order valence-corrected chi connectivity index (χ4v) is 4.78. The topological polar surface area (TPSA) is 47.0 Å². The molecule has 0 spiro atoms. The molecule has 0 aliphatic carbocycles. The van der Waals surface area contributed by atoms with Crippen LogP contribution in [0, 0.1) is 12.7 Å². The number of nitrogens with one attached hydrogen (secondary N) is 1. The lowest BCUT2D eigenvalue weighted by molar-refractivity contribution is 0.146. The molecule has 0 bridgehead atoms. The summed E-state index contributed by atoms with van der Waals surface area (Å²) < 4.78 is 46.6. The van der Waals surface area contributed by atoms with Crippen LogP contribution in [0.5, 0.6) is 5.75 Å². The first-order valence-electron chi connectivity index (χ1n) is 10.4. The number of halogens is 3. The van der Waals surface area contributed by atoms with Gasteiger partial charge in [-0.1, -0.05) is 24.3 Å².